The molecule has 3 atom stereocenters. The van der Waals surface area contributed by atoms with Gasteiger partial charge in [0.25, 0.3) is 0 Å². The fraction of sp³-hybridized carbons (Fsp3) is 0.227. The topological polar surface area (TPSA) is 67.9 Å². The van der Waals surface area contributed by atoms with Crippen LogP contribution in [-0.2, 0) is 4.79 Å². The molecule has 0 saturated carbocycles. The van der Waals surface area contributed by atoms with Crippen LogP contribution >= 0.6 is 0 Å². The molecule has 27 heavy (non-hydrogen) atoms. The van der Waals surface area contributed by atoms with E-state index in [-0.39, 0.29) is 5.78 Å². The standard InChI is InChI=1S/C22H16FN3O/c1-14(27)21-20(16-6-9-17(23)10-7-16)22(12-24,13-25)19-11-8-15-4-2-3-5-18(15)26(19)21/h2-11,19-21H,1H3/t19-,20-,21-/m1/s1. The molecule has 4 nitrogen and oxygen atoms in total. The van der Waals surface area contributed by atoms with E-state index in [0.29, 0.717) is 5.56 Å². The van der Waals surface area contributed by atoms with Gasteiger partial charge < -0.3 is 4.90 Å². The Balaban J connectivity index is 1.99. The monoisotopic (exact) mass is 357 g/mol. The number of anilines is 1. The zero-order valence-corrected chi connectivity index (χ0v) is 14.6. The minimum absolute atomic E-state index is 0.133. The molecule has 0 bridgehead atoms. The van der Waals surface area contributed by atoms with Gasteiger partial charge in [0.2, 0.25) is 0 Å². The molecule has 0 radical (unpaired) electrons. The Morgan fingerprint density at radius 3 is 2.41 bits per heavy atom. The van der Waals surface area contributed by atoms with Gasteiger partial charge in [0.15, 0.2) is 11.2 Å². The molecule has 0 unspecified atom stereocenters. The lowest BCUT2D eigenvalue weighted by atomic mass is 9.69. The molecule has 1 fully saturated rings. The molecule has 2 aliphatic heterocycles. The van der Waals surface area contributed by atoms with E-state index in [9.17, 15) is 19.7 Å². The maximum Gasteiger partial charge on any atom is 0.176 e. The van der Waals surface area contributed by atoms with Crippen molar-refractivity contribution in [2.24, 2.45) is 5.41 Å². The van der Waals surface area contributed by atoms with Gasteiger partial charge >= 0.3 is 0 Å². The van der Waals surface area contributed by atoms with E-state index in [1.165, 1.54) is 19.1 Å². The molecule has 0 aromatic heterocycles. The van der Waals surface area contributed by atoms with Gasteiger partial charge in [-0.15, -0.1) is 0 Å². The van der Waals surface area contributed by atoms with Crippen LogP contribution < -0.4 is 4.90 Å². The molecule has 0 amide bonds. The average Bonchev–Trinajstić information content (AvgIpc) is 3.00. The number of fused-ring (bicyclic) bond motifs is 3. The van der Waals surface area contributed by atoms with Gasteiger partial charge in [0.1, 0.15) is 5.82 Å². The second-order valence-electron chi connectivity index (χ2n) is 6.95. The van der Waals surface area contributed by atoms with Crippen LogP contribution in [0.25, 0.3) is 6.08 Å². The number of nitrogens with zero attached hydrogens (tertiary/aromatic N) is 3. The van der Waals surface area contributed by atoms with Crippen molar-refractivity contribution in [2.75, 3.05) is 4.90 Å². The molecule has 2 heterocycles. The Hall–Kier alpha value is -3.44. The van der Waals surface area contributed by atoms with Crippen LogP contribution in [0.5, 0.6) is 0 Å². The third kappa shape index (κ3) is 2.29. The summed E-state index contributed by atoms with van der Waals surface area (Å²) in [6.07, 6.45) is 3.72. The fourth-order valence-electron chi connectivity index (χ4n) is 4.43. The first-order valence-electron chi connectivity index (χ1n) is 8.67. The molecule has 2 aliphatic rings. The molecule has 2 aromatic carbocycles. The zero-order valence-electron chi connectivity index (χ0n) is 14.6. The van der Waals surface area contributed by atoms with Crippen molar-refractivity contribution in [2.45, 2.75) is 24.9 Å². The van der Waals surface area contributed by atoms with Crippen LogP contribution in [0.2, 0.25) is 0 Å². The summed E-state index contributed by atoms with van der Waals surface area (Å²) in [5, 5.41) is 20.1. The van der Waals surface area contributed by atoms with Gasteiger partial charge in [-0.3, -0.25) is 4.79 Å². The molecule has 4 rings (SSSR count). The van der Waals surface area contributed by atoms with Crippen molar-refractivity contribution in [3.63, 3.8) is 0 Å². The smallest absolute Gasteiger partial charge is 0.176 e. The Morgan fingerprint density at radius 1 is 1.11 bits per heavy atom. The second-order valence-corrected chi connectivity index (χ2v) is 6.95. The maximum atomic E-state index is 13.5. The zero-order chi connectivity index (χ0) is 19.2. The van der Waals surface area contributed by atoms with E-state index >= 15 is 0 Å². The first-order chi connectivity index (χ1) is 13.0. The summed E-state index contributed by atoms with van der Waals surface area (Å²) < 4.78 is 13.5. The average molecular weight is 357 g/mol. The van der Waals surface area contributed by atoms with E-state index in [2.05, 4.69) is 12.1 Å². The number of ketones is 1. The first-order valence-corrected chi connectivity index (χ1v) is 8.67. The van der Waals surface area contributed by atoms with E-state index < -0.39 is 29.2 Å². The first kappa shape index (κ1) is 17.0. The van der Waals surface area contributed by atoms with Crippen LogP contribution in [0.1, 0.15) is 24.0 Å². The van der Waals surface area contributed by atoms with Crippen molar-refractivity contribution in [3.8, 4) is 12.1 Å². The SMILES string of the molecule is CC(=O)[C@@H]1[C@@H](c2ccc(F)cc2)C(C#N)(C#N)[C@H]2C=Cc3ccccc3N12. The van der Waals surface area contributed by atoms with Crippen LogP contribution in [0, 0.1) is 33.9 Å². The molecular weight excluding hydrogens is 341 g/mol. The van der Waals surface area contributed by atoms with E-state index in [4.69, 9.17) is 0 Å². The summed E-state index contributed by atoms with van der Waals surface area (Å²) in [7, 11) is 0. The number of carbonyl (C=O) groups excluding carboxylic acids is 1. The van der Waals surface area contributed by atoms with Gasteiger partial charge in [-0.05, 0) is 36.2 Å². The van der Waals surface area contributed by atoms with Gasteiger partial charge in [-0.1, -0.05) is 42.5 Å². The summed E-state index contributed by atoms with van der Waals surface area (Å²) in [5.74, 6) is -1.23. The lowest BCUT2D eigenvalue weighted by Crippen LogP contribution is -2.43. The highest BCUT2D eigenvalue weighted by Crippen LogP contribution is 2.54. The Bertz CT molecular complexity index is 1010. The highest BCUT2D eigenvalue weighted by Gasteiger charge is 2.62. The van der Waals surface area contributed by atoms with E-state index in [1.807, 2.05) is 41.3 Å². The number of nitriles is 2. The molecule has 0 spiro atoms. The van der Waals surface area contributed by atoms with Crippen molar-refractivity contribution < 1.29 is 9.18 Å². The van der Waals surface area contributed by atoms with E-state index in [1.54, 1.807) is 12.1 Å². The number of rotatable bonds is 2. The minimum Gasteiger partial charge on any atom is -0.351 e. The molecule has 1 saturated heterocycles. The lowest BCUT2D eigenvalue weighted by Gasteiger charge is -2.35. The Kier molecular flexibility index (Phi) is 3.82. The van der Waals surface area contributed by atoms with Gasteiger partial charge in [0, 0.05) is 11.6 Å². The van der Waals surface area contributed by atoms with Crippen molar-refractivity contribution >= 4 is 17.5 Å². The largest absolute Gasteiger partial charge is 0.351 e. The van der Waals surface area contributed by atoms with Crippen LogP contribution in [0.15, 0.2) is 54.6 Å². The number of para-hydroxylation sites is 1. The number of hydrogen-bond donors (Lipinski definition) is 0. The third-order valence-corrected chi connectivity index (χ3v) is 5.56. The van der Waals surface area contributed by atoms with Crippen molar-refractivity contribution in [1.29, 1.82) is 10.5 Å². The van der Waals surface area contributed by atoms with Gasteiger partial charge in [-0.2, -0.15) is 10.5 Å². The van der Waals surface area contributed by atoms with Crippen molar-refractivity contribution in [3.05, 3.63) is 71.6 Å². The van der Waals surface area contributed by atoms with E-state index in [0.717, 1.165) is 11.3 Å². The normalized spacial score (nSPS) is 24.4. The van der Waals surface area contributed by atoms with Gasteiger partial charge in [0.05, 0.1) is 24.2 Å². The number of Topliss-reactive ketones (excluding diaryl/α,β-unsaturated/α-hetero) is 1. The Morgan fingerprint density at radius 2 is 1.78 bits per heavy atom. The van der Waals surface area contributed by atoms with Crippen LogP contribution in [-0.4, -0.2) is 17.9 Å². The van der Waals surface area contributed by atoms with Gasteiger partial charge in [-0.25, -0.2) is 4.39 Å². The summed E-state index contributed by atoms with van der Waals surface area (Å²) >= 11 is 0. The highest BCUT2D eigenvalue weighted by molar-refractivity contribution is 5.91. The summed E-state index contributed by atoms with van der Waals surface area (Å²) in [6.45, 7) is 1.48. The number of hydrogen-bond acceptors (Lipinski definition) is 4. The lowest BCUT2D eigenvalue weighted by molar-refractivity contribution is -0.118. The number of benzene rings is 2. The third-order valence-electron chi connectivity index (χ3n) is 5.56. The minimum atomic E-state index is -1.46. The summed E-state index contributed by atoms with van der Waals surface area (Å²) in [4.78, 5) is 14.6. The molecule has 132 valence electrons. The summed E-state index contributed by atoms with van der Waals surface area (Å²) in [6, 6.07) is 16.5. The number of carbonyl (C=O) groups is 1. The molecule has 2 aromatic rings. The highest BCUT2D eigenvalue weighted by atomic mass is 19.1. The second kappa shape index (κ2) is 6.07. The predicted molar refractivity (Wildman–Crippen MR) is 99.0 cm³/mol. The fourth-order valence-corrected chi connectivity index (χ4v) is 4.43. The molecule has 0 N–H and O–H groups in total. The van der Waals surface area contributed by atoms with Crippen LogP contribution in [0.4, 0.5) is 10.1 Å². The quantitative estimate of drug-likeness (QED) is 0.819. The number of halogens is 1. The Labute approximate surface area is 156 Å². The molecular formula is C22H16FN3O. The maximum absolute atomic E-state index is 13.5. The predicted octanol–water partition coefficient (Wildman–Crippen LogP) is 3.82. The van der Waals surface area contributed by atoms with Crippen molar-refractivity contribution in [1.82, 2.24) is 0 Å². The molecule has 0 aliphatic carbocycles. The summed E-state index contributed by atoms with van der Waals surface area (Å²) in [5.41, 5.74) is 0.910. The molecule has 5 heteroatoms. The van der Waals surface area contributed by atoms with Crippen LogP contribution in [0.3, 0.4) is 0 Å².